The maximum absolute atomic E-state index is 6.18. The van der Waals surface area contributed by atoms with Gasteiger partial charge in [-0.2, -0.15) is 0 Å². The van der Waals surface area contributed by atoms with Crippen LogP contribution in [0.15, 0.2) is 39.5 Å². The first-order chi connectivity index (χ1) is 7.65. The average molecular weight is 296 g/mol. The van der Waals surface area contributed by atoms with Gasteiger partial charge in [-0.15, -0.1) is 11.3 Å². The van der Waals surface area contributed by atoms with Gasteiger partial charge < -0.3 is 5.73 Å². The van der Waals surface area contributed by atoms with Gasteiger partial charge in [0.2, 0.25) is 0 Å². The van der Waals surface area contributed by atoms with Gasteiger partial charge in [0.05, 0.1) is 3.79 Å². The molecule has 2 rings (SSSR count). The van der Waals surface area contributed by atoms with Gasteiger partial charge in [-0.05, 0) is 51.8 Å². The molecule has 1 atom stereocenters. The Morgan fingerprint density at radius 2 is 2.19 bits per heavy atom. The molecule has 0 bridgehead atoms. The van der Waals surface area contributed by atoms with Crippen LogP contribution in [-0.2, 0) is 6.42 Å². The second-order valence-electron chi connectivity index (χ2n) is 3.98. The van der Waals surface area contributed by atoms with Crippen molar-refractivity contribution in [2.75, 3.05) is 0 Å². The quantitative estimate of drug-likeness (QED) is 0.908. The summed E-state index contributed by atoms with van der Waals surface area (Å²) in [5.41, 5.74) is 9.97. The molecule has 2 N–H and O–H groups in total. The Kier molecular flexibility index (Phi) is 3.79. The molecule has 84 valence electrons. The number of hydrogen-bond donors (Lipinski definition) is 1. The number of rotatable bonds is 3. The summed E-state index contributed by atoms with van der Waals surface area (Å²) in [6.07, 6.45) is 0.894. The number of nitrogens with two attached hydrogens (primary N) is 1. The fourth-order valence-corrected chi connectivity index (χ4v) is 2.97. The van der Waals surface area contributed by atoms with Crippen LogP contribution in [0, 0.1) is 6.92 Å². The van der Waals surface area contributed by atoms with Crippen molar-refractivity contribution in [1.82, 2.24) is 0 Å². The molecular weight excluding hydrogens is 282 g/mol. The van der Waals surface area contributed by atoms with E-state index in [1.54, 1.807) is 11.3 Å². The minimum Gasteiger partial charge on any atom is -0.324 e. The van der Waals surface area contributed by atoms with E-state index in [1.807, 2.05) is 0 Å². The Morgan fingerprint density at radius 1 is 1.38 bits per heavy atom. The highest BCUT2D eigenvalue weighted by atomic mass is 79.9. The maximum Gasteiger partial charge on any atom is 0.0701 e. The highest BCUT2D eigenvalue weighted by Crippen LogP contribution is 2.26. The number of hydrogen-bond acceptors (Lipinski definition) is 2. The van der Waals surface area contributed by atoms with E-state index < -0.39 is 0 Å². The fraction of sp³-hybridized carbons (Fsp3) is 0.231. The first-order valence-corrected chi connectivity index (χ1v) is 6.87. The smallest absolute Gasteiger partial charge is 0.0701 e. The molecule has 0 radical (unpaired) electrons. The van der Waals surface area contributed by atoms with Gasteiger partial charge in [-0.25, -0.2) is 0 Å². The van der Waals surface area contributed by atoms with Crippen LogP contribution in [0.25, 0.3) is 0 Å². The summed E-state index contributed by atoms with van der Waals surface area (Å²) < 4.78 is 1.14. The topological polar surface area (TPSA) is 26.0 Å². The summed E-state index contributed by atoms with van der Waals surface area (Å²) in [5.74, 6) is 0. The van der Waals surface area contributed by atoms with Crippen LogP contribution in [0.3, 0.4) is 0 Å². The SMILES string of the molecule is Cc1cccc(CC(N)c2csc(Br)c2)c1. The highest BCUT2D eigenvalue weighted by molar-refractivity contribution is 9.11. The number of aryl methyl sites for hydroxylation is 1. The third-order valence-electron chi connectivity index (χ3n) is 2.55. The van der Waals surface area contributed by atoms with E-state index >= 15 is 0 Å². The van der Waals surface area contributed by atoms with Crippen molar-refractivity contribution in [2.24, 2.45) is 5.73 Å². The Hall–Kier alpha value is -0.640. The van der Waals surface area contributed by atoms with Crippen molar-refractivity contribution in [2.45, 2.75) is 19.4 Å². The van der Waals surface area contributed by atoms with Gasteiger partial charge in [-0.3, -0.25) is 0 Å². The summed E-state index contributed by atoms with van der Waals surface area (Å²) in [4.78, 5) is 0. The molecule has 0 saturated carbocycles. The van der Waals surface area contributed by atoms with Crippen molar-refractivity contribution in [3.05, 3.63) is 56.2 Å². The molecule has 0 spiro atoms. The zero-order valence-electron chi connectivity index (χ0n) is 9.11. The van der Waals surface area contributed by atoms with E-state index in [-0.39, 0.29) is 6.04 Å². The van der Waals surface area contributed by atoms with Crippen LogP contribution >= 0.6 is 27.3 Å². The predicted octanol–water partition coefficient (Wildman–Crippen LogP) is 4.06. The maximum atomic E-state index is 6.18. The fourth-order valence-electron chi connectivity index (χ4n) is 1.73. The Labute approximate surface area is 108 Å². The van der Waals surface area contributed by atoms with E-state index in [4.69, 9.17) is 5.73 Å². The number of thiophene rings is 1. The Morgan fingerprint density at radius 3 is 2.81 bits per heavy atom. The minimum absolute atomic E-state index is 0.0874. The highest BCUT2D eigenvalue weighted by Gasteiger charge is 2.08. The lowest BCUT2D eigenvalue weighted by Gasteiger charge is -2.10. The molecule has 2 aromatic rings. The van der Waals surface area contributed by atoms with Crippen LogP contribution < -0.4 is 5.73 Å². The van der Waals surface area contributed by atoms with Crippen molar-refractivity contribution in [3.63, 3.8) is 0 Å². The van der Waals surface area contributed by atoms with Gasteiger partial charge in [0, 0.05) is 6.04 Å². The molecule has 1 nitrogen and oxygen atoms in total. The second kappa shape index (κ2) is 5.13. The molecule has 0 aliphatic carbocycles. The minimum atomic E-state index is 0.0874. The van der Waals surface area contributed by atoms with E-state index in [2.05, 4.69) is 58.6 Å². The van der Waals surface area contributed by atoms with Gasteiger partial charge >= 0.3 is 0 Å². The molecule has 0 aliphatic rings. The van der Waals surface area contributed by atoms with Crippen LogP contribution in [0.1, 0.15) is 22.7 Å². The van der Waals surface area contributed by atoms with Crippen LogP contribution in [-0.4, -0.2) is 0 Å². The second-order valence-corrected chi connectivity index (χ2v) is 6.27. The number of benzene rings is 1. The van der Waals surface area contributed by atoms with E-state index in [1.165, 1.54) is 16.7 Å². The summed E-state index contributed by atoms with van der Waals surface area (Å²) in [6.45, 7) is 2.11. The monoisotopic (exact) mass is 295 g/mol. The van der Waals surface area contributed by atoms with Crippen molar-refractivity contribution >= 4 is 27.3 Å². The normalized spacial score (nSPS) is 12.7. The van der Waals surface area contributed by atoms with E-state index in [0.29, 0.717) is 0 Å². The number of halogens is 1. The lowest BCUT2D eigenvalue weighted by molar-refractivity contribution is 0.724. The van der Waals surface area contributed by atoms with Crippen molar-refractivity contribution < 1.29 is 0 Å². The zero-order valence-corrected chi connectivity index (χ0v) is 11.5. The van der Waals surface area contributed by atoms with Gasteiger partial charge in [0.15, 0.2) is 0 Å². The molecule has 0 saturated heterocycles. The lowest BCUT2D eigenvalue weighted by atomic mass is 10.0. The summed E-state index contributed by atoms with van der Waals surface area (Å²) >= 11 is 5.14. The molecule has 1 unspecified atom stereocenters. The van der Waals surface area contributed by atoms with Gasteiger partial charge in [0.1, 0.15) is 0 Å². The summed E-state index contributed by atoms with van der Waals surface area (Å²) in [6, 6.07) is 10.7. The van der Waals surface area contributed by atoms with Crippen LogP contribution in [0.2, 0.25) is 0 Å². The van der Waals surface area contributed by atoms with Crippen molar-refractivity contribution in [1.29, 1.82) is 0 Å². The largest absolute Gasteiger partial charge is 0.324 e. The van der Waals surface area contributed by atoms with Gasteiger partial charge in [0.25, 0.3) is 0 Å². The molecular formula is C13H14BrNS. The van der Waals surface area contributed by atoms with Crippen LogP contribution in [0.4, 0.5) is 0 Å². The van der Waals surface area contributed by atoms with E-state index in [0.717, 1.165) is 10.2 Å². The molecule has 16 heavy (non-hydrogen) atoms. The summed E-state index contributed by atoms with van der Waals surface area (Å²) in [5, 5.41) is 2.12. The third-order valence-corrected chi connectivity index (χ3v) is 4.08. The molecule has 1 aromatic heterocycles. The first kappa shape index (κ1) is 11.8. The lowest BCUT2D eigenvalue weighted by Crippen LogP contribution is -2.12. The molecule has 0 fully saturated rings. The third kappa shape index (κ3) is 2.94. The predicted molar refractivity (Wildman–Crippen MR) is 73.8 cm³/mol. The molecule has 0 amide bonds. The van der Waals surface area contributed by atoms with E-state index in [9.17, 15) is 0 Å². The molecule has 0 aliphatic heterocycles. The molecule has 1 aromatic carbocycles. The standard InChI is InChI=1S/C13H14BrNS/c1-9-3-2-4-10(5-9)6-12(15)11-7-13(14)16-8-11/h2-5,7-8,12H,6,15H2,1H3. The Balaban J connectivity index is 2.10. The van der Waals surface area contributed by atoms with Crippen LogP contribution in [0.5, 0.6) is 0 Å². The van der Waals surface area contributed by atoms with Crippen molar-refractivity contribution in [3.8, 4) is 0 Å². The molecule has 1 heterocycles. The average Bonchev–Trinajstić information content (AvgIpc) is 2.65. The Bertz CT molecular complexity index is 478. The summed E-state index contributed by atoms with van der Waals surface area (Å²) in [7, 11) is 0. The zero-order chi connectivity index (χ0) is 11.5. The first-order valence-electron chi connectivity index (χ1n) is 5.20. The molecule has 3 heteroatoms. The van der Waals surface area contributed by atoms with Gasteiger partial charge in [-0.1, -0.05) is 29.8 Å².